The van der Waals surface area contributed by atoms with Crippen molar-refractivity contribution in [2.45, 2.75) is 13.8 Å². The van der Waals surface area contributed by atoms with Gasteiger partial charge in [-0.05, 0) is 43.7 Å². The van der Waals surface area contributed by atoms with Crippen molar-refractivity contribution < 1.29 is 8.42 Å². The molecule has 0 amide bonds. The lowest BCUT2D eigenvalue weighted by atomic mass is 10.1. The highest BCUT2D eigenvalue weighted by molar-refractivity contribution is 9.10. The van der Waals surface area contributed by atoms with Gasteiger partial charge in [-0.15, -0.1) is 4.40 Å². The second-order valence-corrected chi connectivity index (χ2v) is 7.83. The monoisotopic (exact) mass is 390 g/mol. The molecular weight excluding hydrogens is 376 g/mol. The minimum atomic E-state index is -3.70. The van der Waals surface area contributed by atoms with Crippen molar-refractivity contribution in [3.63, 3.8) is 0 Å². The van der Waals surface area contributed by atoms with E-state index in [4.69, 9.17) is 0 Å². The van der Waals surface area contributed by atoms with Gasteiger partial charge in [0.1, 0.15) is 10.7 Å². The van der Waals surface area contributed by atoms with Crippen LogP contribution >= 0.6 is 15.9 Å². The van der Waals surface area contributed by atoms with Crippen molar-refractivity contribution in [1.29, 1.82) is 0 Å². The van der Waals surface area contributed by atoms with Crippen molar-refractivity contribution in [2.24, 2.45) is 4.40 Å². The van der Waals surface area contributed by atoms with Crippen LogP contribution < -0.4 is 5.32 Å². The second kappa shape index (κ2) is 5.94. The van der Waals surface area contributed by atoms with Gasteiger partial charge >= 0.3 is 0 Å². The van der Waals surface area contributed by atoms with E-state index in [9.17, 15) is 8.42 Å². The van der Waals surface area contributed by atoms with Crippen molar-refractivity contribution in [1.82, 2.24) is 0 Å². The van der Waals surface area contributed by atoms with Crippen LogP contribution in [-0.2, 0) is 10.0 Å². The Morgan fingerprint density at radius 2 is 1.74 bits per heavy atom. The summed E-state index contributed by atoms with van der Waals surface area (Å²) in [4.78, 5) is 0.244. The number of nitrogens with zero attached hydrogens (tertiary/aromatic N) is 1. The van der Waals surface area contributed by atoms with E-state index in [0.29, 0.717) is 17.0 Å². The van der Waals surface area contributed by atoms with Crippen molar-refractivity contribution in [3.8, 4) is 0 Å². The lowest BCUT2D eigenvalue weighted by Crippen LogP contribution is -2.11. The zero-order valence-corrected chi connectivity index (χ0v) is 15.1. The van der Waals surface area contributed by atoms with Crippen LogP contribution in [0.5, 0.6) is 0 Å². The fourth-order valence-corrected chi connectivity index (χ4v) is 4.24. The van der Waals surface area contributed by atoms with E-state index in [1.807, 2.05) is 37.3 Å². The molecule has 0 spiro atoms. The van der Waals surface area contributed by atoms with Gasteiger partial charge in [0.25, 0.3) is 10.0 Å². The summed E-state index contributed by atoms with van der Waals surface area (Å²) in [5.41, 5.74) is 3.18. The number of nitrogens with one attached hydrogen (secondary N) is 1. The molecule has 0 saturated carbocycles. The number of sulfonamides is 1. The van der Waals surface area contributed by atoms with Crippen LogP contribution in [0.15, 0.2) is 63.0 Å². The van der Waals surface area contributed by atoms with Crippen LogP contribution in [0.4, 0.5) is 5.69 Å². The van der Waals surface area contributed by atoms with Crippen molar-refractivity contribution >= 4 is 42.4 Å². The van der Waals surface area contributed by atoms with Gasteiger partial charge in [-0.1, -0.05) is 45.8 Å². The van der Waals surface area contributed by atoms with E-state index in [-0.39, 0.29) is 4.91 Å². The standard InChI is InChI=1S/C17H15BrN2O2S/c1-11-6-8-15(9-7-11)19-17-12(2)16(23(21,22)20-17)13-4-3-5-14(18)10-13/h3-10H,1-2H3,(H,19,20). The number of aryl methyl sites for hydroxylation is 1. The van der Waals surface area contributed by atoms with Crippen LogP contribution in [0.25, 0.3) is 4.91 Å². The summed E-state index contributed by atoms with van der Waals surface area (Å²) < 4.78 is 29.6. The third-order valence-electron chi connectivity index (χ3n) is 3.57. The predicted molar refractivity (Wildman–Crippen MR) is 97.9 cm³/mol. The van der Waals surface area contributed by atoms with Gasteiger partial charge in [0, 0.05) is 15.7 Å². The highest BCUT2D eigenvalue weighted by Gasteiger charge is 2.31. The van der Waals surface area contributed by atoms with Crippen LogP contribution in [0.2, 0.25) is 0 Å². The fraction of sp³-hybridized carbons (Fsp3) is 0.118. The molecule has 1 aliphatic heterocycles. The Kier molecular flexibility index (Phi) is 4.12. The first kappa shape index (κ1) is 16.0. The van der Waals surface area contributed by atoms with E-state index >= 15 is 0 Å². The second-order valence-electron chi connectivity index (χ2n) is 5.37. The van der Waals surface area contributed by atoms with E-state index in [1.165, 1.54) is 0 Å². The Morgan fingerprint density at radius 3 is 2.39 bits per heavy atom. The molecule has 0 unspecified atom stereocenters. The predicted octanol–water partition coefficient (Wildman–Crippen LogP) is 4.34. The molecule has 0 radical (unpaired) electrons. The summed E-state index contributed by atoms with van der Waals surface area (Å²) in [6.07, 6.45) is 0. The molecule has 118 valence electrons. The number of anilines is 1. The maximum atomic E-state index is 12.4. The molecule has 1 aliphatic rings. The first-order valence-corrected chi connectivity index (χ1v) is 9.26. The molecule has 0 aliphatic carbocycles. The molecule has 1 heterocycles. The SMILES string of the molecule is CC1=C(c2cccc(Br)c2)S(=O)(=O)N=C1Nc1ccc(C)cc1. The Hall–Kier alpha value is -1.92. The Morgan fingerprint density at radius 1 is 1.04 bits per heavy atom. The number of hydrogen-bond donors (Lipinski definition) is 1. The molecule has 2 aromatic rings. The van der Waals surface area contributed by atoms with Gasteiger partial charge in [-0.2, -0.15) is 8.42 Å². The van der Waals surface area contributed by atoms with Gasteiger partial charge in [-0.3, -0.25) is 0 Å². The van der Waals surface area contributed by atoms with E-state index in [2.05, 4.69) is 25.6 Å². The molecule has 4 nitrogen and oxygen atoms in total. The summed E-state index contributed by atoms with van der Waals surface area (Å²) in [5, 5.41) is 3.09. The first-order valence-electron chi connectivity index (χ1n) is 7.03. The van der Waals surface area contributed by atoms with Crippen LogP contribution in [0.1, 0.15) is 18.1 Å². The zero-order valence-electron chi connectivity index (χ0n) is 12.7. The quantitative estimate of drug-likeness (QED) is 0.829. The molecule has 0 saturated heterocycles. The number of amidine groups is 1. The van der Waals surface area contributed by atoms with E-state index < -0.39 is 10.0 Å². The molecule has 3 rings (SSSR count). The zero-order chi connectivity index (χ0) is 16.6. The Labute approximate surface area is 144 Å². The lowest BCUT2D eigenvalue weighted by molar-refractivity contribution is 0.608. The molecule has 23 heavy (non-hydrogen) atoms. The first-order chi connectivity index (χ1) is 10.9. The van der Waals surface area contributed by atoms with Gasteiger partial charge in [0.15, 0.2) is 0 Å². The van der Waals surface area contributed by atoms with Crippen LogP contribution in [0, 0.1) is 6.92 Å². The molecule has 1 N–H and O–H groups in total. The Bertz CT molecular complexity index is 929. The summed E-state index contributed by atoms with van der Waals surface area (Å²) in [5.74, 6) is 0.365. The minimum Gasteiger partial charge on any atom is -0.339 e. The third kappa shape index (κ3) is 3.23. The fourth-order valence-electron chi connectivity index (χ4n) is 2.42. The minimum absolute atomic E-state index is 0.244. The third-order valence-corrected chi connectivity index (χ3v) is 5.54. The summed E-state index contributed by atoms with van der Waals surface area (Å²) in [6.45, 7) is 3.76. The number of rotatable bonds is 2. The largest absolute Gasteiger partial charge is 0.339 e. The van der Waals surface area contributed by atoms with Gasteiger partial charge in [0.2, 0.25) is 0 Å². The van der Waals surface area contributed by atoms with E-state index in [1.54, 1.807) is 25.1 Å². The van der Waals surface area contributed by atoms with E-state index in [0.717, 1.165) is 15.7 Å². The number of hydrogen-bond acceptors (Lipinski definition) is 3. The smallest absolute Gasteiger partial charge is 0.285 e. The average Bonchev–Trinajstić information content (AvgIpc) is 2.70. The summed E-state index contributed by atoms with van der Waals surface area (Å²) >= 11 is 3.37. The van der Waals surface area contributed by atoms with Crippen molar-refractivity contribution in [3.05, 3.63) is 69.7 Å². The van der Waals surface area contributed by atoms with Crippen LogP contribution in [-0.4, -0.2) is 14.3 Å². The highest BCUT2D eigenvalue weighted by Crippen LogP contribution is 2.33. The van der Waals surface area contributed by atoms with Gasteiger partial charge in [0.05, 0.1) is 0 Å². The molecular formula is C17H15BrN2O2S. The van der Waals surface area contributed by atoms with Crippen LogP contribution in [0.3, 0.4) is 0 Å². The molecule has 0 fully saturated rings. The normalized spacial score (nSPS) is 16.4. The summed E-state index contributed by atoms with van der Waals surface area (Å²) in [6, 6.07) is 14.9. The molecule has 0 aromatic heterocycles. The molecule has 6 heteroatoms. The Balaban J connectivity index is 2.01. The molecule has 0 bridgehead atoms. The van der Waals surface area contributed by atoms with Gasteiger partial charge in [-0.25, -0.2) is 0 Å². The summed E-state index contributed by atoms with van der Waals surface area (Å²) in [7, 11) is -3.70. The molecule has 2 aromatic carbocycles. The molecule has 0 atom stereocenters. The number of halogens is 1. The van der Waals surface area contributed by atoms with Gasteiger partial charge < -0.3 is 5.32 Å². The maximum absolute atomic E-state index is 12.4. The lowest BCUT2D eigenvalue weighted by Gasteiger charge is -2.07. The average molecular weight is 391 g/mol. The maximum Gasteiger partial charge on any atom is 0.285 e. The highest BCUT2D eigenvalue weighted by atomic mass is 79.9. The topological polar surface area (TPSA) is 58.5 Å². The van der Waals surface area contributed by atoms with Crippen molar-refractivity contribution in [2.75, 3.05) is 5.32 Å². The number of benzene rings is 2.